The van der Waals surface area contributed by atoms with Gasteiger partial charge >= 0.3 is 0 Å². The number of nitriles is 1. The van der Waals surface area contributed by atoms with Gasteiger partial charge < -0.3 is 4.74 Å². The minimum Gasteiger partial charge on any atom is -0.490 e. The van der Waals surface area contributed by atoms with Crippen LogP contribution in [0.1, 0.15) is 60.9 Å². The molecular weight excluding hydrogens is 434 g/mol. The van der Waals surface area contributed by atoms with Crippen LogP contribution in [0.2, 0.25) is 0 Å². The Bertz CT molecular complexity index is 1270. The van der Waals surface area contributed by atoms with Crippen LogP contribution in [0.5, 0.6) is 5.75 Å². The highest BCUT2D eigenvalue weighted by molar-refractivity contribution is 7.19. The van der Waals surface area contributed by atoms with Gasteiger partial charge in [-0.25, -0.2) is 0 Å². The van der Waals surface area contributed by atoms with Crippen LogP contribution >= 0.6 is 11.3 Å². The second-order valence-electron chi connectivity index (χ2n) is 8.82. The van der Waals surface area contributed by atoms with Crippen molar-refractivity contribution in [1.82, 2.24) is 9.88 Å². The molecule has 33 heavy (non-hydrogen) atoms. The number of rotatable bonds is 5. The van der Waals surface area contributed by atoms with Gasteiger partial charge in [0.1, 0.15) is 5.75 Å². The Kier molecular flexibility index (Phi) is 5.86. The van der Waals surface area contributed by atoms with Crippen LogP contribution in [0.15, 0.2) is 30.5 Å². The molecule has 168 valence electrons. The van der Waals surface area contributed by atoms with E-state index in [0.717, 1.165) is 50.4 Å². The molecule has 1 saturated carbocycles. The predicted molar refractivity (Wildman–Crippen MR) is 127 cm³/mol. The van der Waals surface area contributed by atoms with Gasteiger partial charge in [-0.3, -0.25) is 19.5 Å². The lowest BCUT2D eigenvalue weighted by Gasteiger charge is -2.25. The third-order valence-electron chi connectivity index (χ3n) is 6.46. The minimum atomic E-state index is -0.119. The number of nitrogens with zero attached hydrogens (tertiary/aromatic N) is 3. The standard InChI is InChI=1S/C26H25N3O3S/c1-16-11-17(14-27)12-21(25(16)32-18-5-3-2-4-6-18)20-9-10-28-22-13-19(33-26(20)22)15-29-23(30)7-8-24(29)31/h9-13,18H,2-8,15H2,1H3. The Morgan fingerprint density at radius 2 is 1.88 bits per heavy atom. The zero-order valence-corrected chi connectivity index (χ0v) is 19.4. The number of ether oxygens (including phenoxy) is 1. The lowest BCUT2D eigenvalue weighted by Crippen LogP contribution is -2.27. The first-order valence-corrected chi connectivity index (χ1v) is 12.3. The molecule has 0 unspecified atom stereocenters. The zero-order chi connectivity index (χ0) is 22.9. The van der Waals surface area contributed by atoms with E-state index in [0.29, 0.717) is 5.56 Å². The maximum Gasteiger partial charge on any atom is 0.230 e. The van der Waals surface area contributed by atoms with Gasteiger partial charge in [0.25, 0.3) is 0 Å². The average Bonchev–Trinajstić information content (AvgIpc) is 3.39. The predicted octanol–water partition coefficient (Wildman–Crippen LogP) is 5.50. The summed E-state index contributed by atoms with van der Waals surface area (Å²) in [5, 5.41) is 9.60. The van der Waals surface area contributed by atoms with E-state index in [1.54, 1.807) is 6.20 Å². The number of hydrogen-bond acceptors (Lipinski definition) is 6. The number of likely N-dealkylation sites (tertiary alicyclic amines) is 1. The average molecular weight is 460 g/mol. The van der Waals surface area contributed by atoms with Gasteiger partial charge in [0, 0.05) is 35.0 Å². The van der Waals surface area contributed by atoms with E-state index >= 15 is 0 Å². The maximum absolute atomic E-state index is 12.1. The molecule has 1 aliphatic heterocycles. The van der Waals surface area contributed by atoms with Crippen LogP contribution in [0.3, 0.4) is 0 Å². The fraction of sp³-hybridized carbons (Fsp3) is 0.385. The minimum absolute atomic E-state index is 0.119. The number of aromatic nitrogens is 1. The number of hydrogen-bond donors (Lipinski definition) is 0. The van der Waals surface area contributed by atoms with Crippen LogP contribution in [-0.4, -0.2) is 27.8 Å². The van der Waals surface area contributed by atoms with Crippen LogP contribution in [-0.2, 0) is 16.1 Å². The number of aryl methyl sites for hydroxylation is 1. The highest BCUT2D eigenvalue weighted by Crippen LogP contribution is 2.42. The van der Waals surface area contributed by atoms with Crippen molar-refractivity contribution in [2.45, 2.75) is 64.5 Å². The molecular formula is C26H25N3O3S. The molecule has 6 nitrogen and oxygen atoms in total. The molecule has 0 radical (unpaired) electrons. The Morgan fingerprint density at radius 1 is 1.12 bits per heavy atom. The highest BCUT2D eigenvalue weighted by Gasteiger charge is 2.29. The molecule has 0 spiro atoms. The first kappa shape index (κ1) is 21.6. The summed E-state index contributed by atoms with van der Waals surface area (Å²) in [5.74, 6) is 0.588. The number of fused-ring (bicyclic) bond motifs is 1. The number of benzene rings is 1. The zero-order valence-electron chi connectivity index (χ0n) is 18.6. The first-order valence-electron chi connectivity index (χ1n) is 11.5. The molecule has 2 amide bonds. The summed E-state index contributed by atoms with van der Waals surface area (Å²) in [6, 6.07) is 9.95. The SMILES string of the molecule is Cc1cc(C#N)cc(-c2ccnc3cc(CN4C(=O)CCC4=O)sc23)c1OC1CCCCC1. The third kappa shape index (κ3) is 4.23. The number of amides is 2. The van der Waals surface area contributed by atoms with Crippen LogP contribution in [0.25, 0.3) is 21.3 Å². The Morgan fingerprint density at radius 3 is 2.61 bits per heavy atom. The van der Waals surface area contributed by atoms with E-state index in [2.05, 4.69) is 11.1 Å². The van der Waals surface area contributed by atoms with Crippen LogP contribution in [0, 0.1) is 18.3 Å². The van der Waals surface area contributed by atoms with Crippen molar-refractivity contribution in [3.63, 3.8) is 0 Å². The van der Waals surface area contributed by atoms with Crippen molar-refractivity contribution in [2.75, 3.05) is 0 Å². The third-order valence-corrected chi connectivity index (χ3v) is 7.60. The topological polar surface area (TPSA) is 83.3 Å². The van der Waals surface area contributed by atoms with Crippen LogP contribution < -0.4 is 4.74 Å². The summed E-state index contributed by atoms with van der Waals surface area (Å²) in [7, 11) is 0. The number of thiophene rings is 1. The summed E-state index contributed by atoms with van der Waals surface area (Å²) in [5.41, 5.74) is 4.21. The van der Waals surface area contributed by atoms with Crippen molar-refractivity contribution < 1.29 is 14.3 Å². The summed E-state index contributed by atoms with van der Waals surface area (Å²) in [4.78, 5) is 30.9. The van der Waals surface area contributed by atoms with Crippen molar-refractivity contribution in [3.8, 4) is 22.9 Å². The molecule has 1 saturated heterocycles. The normalized spacial score (nSPS) is 17.0. The van der Waals surface area contributed by atoms with E-state index in [9.17, 15) is 14.9 Å². The van der Waals surface area contributed by atoms with Crippen molar-refractivity contribution in [3.05, 3.63) is 46.5 Å². The quantitative estimate of drug-likeness (QED) is 0.470. The molecule has 2 aromatic heterocycles. The molecule has 2 fully saturated rings. The van der Waals surface area contributed by atoms with Gasteiger partial charge in [0.05, 0.1) is 34.5 Å². The van der Waals surface area contributed by atoms with Gasteiger partial charge in [0.15, 0.2) is 0 Å². The van der Waals surface area contributed by atoms with Crippen molar-refractivity contribution in [2.24, 2.45) is 0 Å². The first-order chi connectivity index (χ1) is 16.0. The van der Waals surface area contributed by atoms with E-state index in [1.165, 1.54) is 35.5 Å². The van der Waals surface area contributed by atoms with Gasteiger partial charge in [-0.05, 0) is 62.4 Å². The monoisotopic (exact) mass is 459 g/mol. The lowest BCUT2D eigenvalue weighted by atomic mass is 9.96. The summed E-state index contributed by atoms with van der Waals surface area (Å²) in [6.45, 7) is 2.27. The maximum atomic E-state index is 12.1. The molecule has 0 bridgehead atoms. The Hall–Kier alpha value is -3.24. The molecule has 7 heteroatoms. The summed E-state index contributed by atoms with van der Waals surface area (Å²) < 4.78 is 7.51. The van der Waals surface area contributed by atoms with Gasteiger partial charge in [-0.1, -0.05) is 6.42 Å². The summed E-state index contributed by atoms with van der Waals surface area (Å²) >= 11 is 1.54. The molecule has 3 aromatic rings. The smallest absolute Gasteiger partial charge is 0.230 e. The number of carbonyl (C=O) groups is 2. The molecule has 1 aromatic carbocycles. The second-order valence-corrected chi connectivity index (χ2v) is 9.96. The largest absolute Gasteiger partial charge is 0.490 e. The summed E-state index contributed by atoms with van der Waals surface area (Å²) in [6.07, 6.45) is 8.23. The van der Waals surface area contributed by atoms with Gasteiger partial charge in [0.2, 0.25) is 11.8 Å². The molecule has 2 aliphatic rings. The van der Waals surface area contributed by atoms with E-state index < -0.39 is 0 Å². The van der Waals surface area contributed by atoms with Crippen molar-refractivity contribution in [1.29, 1.82) is 5.26 Å². The lowest BCUT2D eigenvalue weighted by molar-refractivity contribution is -0.138. The Balaban J connectivity index is 1.57. The van der Waals surface area contributed by atoms with Crippen molar-refractivity contribution >= 4 is 33.4 Å². The molecule has 0 atom stereocenters. The fourth-order valence-electron chi connectivity index (χ4n) is 4.78. The van der Waals surface area contributed by atoms with Gasteiger partial charge in [-0.2, -0.15) is 5.26 Å². The molecule has 5 rings (SSSR count). The fourth-order valence-corrected chi connectivity index (χ4v) is 5.91. The second kappa shape index (κ2) is 8.95. The molecule has 1 aliphatic carbocycles. The van der Waals surface area contributed by atoms with Crippen LogP contribution in [0.4, 0.5) is 0 Å². The molecule has 0 N–H and O–H groups in total. The molecule has 3 heterocycles. The number of pyridine rings is 1. The van der Waals surface area contributed by atoms with E-state index in [-0.39, 0.29) is 37.3 Å². The van der Waals surface area contributed by atoms with E-state index in [4.69, 9.17) is 4.74 Å². The highest BCUT2D eigenvalue weighted by atomic mass is 32.1. The number of imide groups is 1. The van der Waals surface area contributed by atoms with E-state index in [1.807, 2.05) is 31.2 Å². The Labute approximate surface area is 196 Å². The van der Waals surface area contributed by atoms with Gasteiger partial charge in [-0.15, -0.1) is 11.3 Å². The number of carbonyl (C=O) groups excluding carboxylic acids is 2.